The molecule has 7 nitrogen and oxygen atoms in total. The van der Waals surface area contributed by atoms with Crippen LogP contribution in [-0.4, -0.2) is 37.9 Å². The number of anilines is 1. The number of aryl methyl sites for hydroxylation is 1. The number of hydrogen-bond acceptors (Lipinski definition) is 4. The second-order valence-electron chi connectivity index (χ2n) is 5.61. The molecule has 0 atom stereocenters. The summed E-state index contributed by atoms with van der Waals surface area (Å²) < 4.78 is 3.57. The quantitative estimate of drug-likeness (QED) is 0.742. The summed E-state index contributed by atoms with van der Waals surface area (Å²) in [5, 5.41) is 8.30. The summed E-state index contributed by atoms with van der Waals surface area (Å²) in [4.78, 5) is 11.3. The predicted molar refractivity (Wildman–Crippen MR) is 88.1 cm³/mol. The van der Waals surface area contributed by atoms with Gasteiger partial charge < -0.3 is 4.90 Å². The smallest absolute Gasteiger partial charge is 0.340 e. The van der Waals surface area contributed by atoms with Crippen LogP contribution >= 0.6 is 11.6 Å². The maximum atomic E-state index is 5.97. The van der Waals surface area contributed by atoms with Crippen molar-refractivity contribution in [2.45, 2.75) is 12.8 Å². The number of pyridine rings is 1. The van der Waals surface area contributed by atoms with Gasteiger partial charge in [0.15, 0.2) is 5.82 Å². The minimum Gasteiger partial charge on any atom is -0.340 e. The predicted octanol–water partition coefficient (Wildman–Crippen LogP) is 1.70. The number of nitrogens with one attached hydrogen (secondary N) is 1. The lowest BCUT2D eigenvalue weighted by Gasteiger charge is -2.10. The van der Waals surface area contributed by atoms with Gasteiger partial charge in [0, 0.05) is 32.3 Å². The number of H-pyrrole nitrogens is 1. The molecule has 4 rings (SSSR count). The minimum absolute atomic E-state index is 0.658. The molecule has 0 aliphatic carbocycles. The average molecular weight is 331 g/mol. The zero-order valence-corrected chi connectivity index (χ0v) is 13.5. The Labute approximate surface area is 138 Å². The van der Waals surface area contributed by atoms with Crippen LogP contribution < -0.4 is 9.42 Å². The summed E-state index contributed by atoms with van der Waals surface area (Å²) in [6.45, 7) is 2.07. The topological polar surface area (TPSA) is 66.7 Å². The second kappa shape index (κ2) is 5.66. The van der Waals surface area contributed by atoms with Gasteiger partial charge in [-0.3, -0.25) is 0 Å². The van der Waals surface area contributed by atoms with Crippen LogP contribution in [-0.2, 0) is 7.05 Å². The van der Waals surface area contributed by atoms with Crippen LogP contribution in [0.15, 0.2) is 18.3 Å². The van der Waals surface area contributed by atoms with Gasteiger partial charge in [0.1, 0.15) is 6.20 Å². The fourth-order valence-electron chi connectivity index (χ4n) is 2.73. The average Bonchev–Trinajstić information content (AvgIpc) is 3.23. The molecule has 0 radical (unpaired) electrons. The number of rotatable bonds is 3. The molecule has 1 fully saturated rings. The highest BCUT2D eigenvalue weighted by Crippen LogP contribution is 2.16. The van der Waals surface area contributed by atoms with Crippen molar-refractivity contribution < 1.29 is 4.52 Å². The molecule has 0 amide bonds. The maximum absolute atomic E-state index is 5.97. The van der Waals surface area contributed by atoms with Gasteiger partial charge in [0.25, 0.3) is 5.82 Å². The number of hydrogen-bond donors (Lipinski definition) is 1. The third kappa shape index (κ3) is 2.79. The van der Waals surface area contributed by atoms with Crippen LogP contribution in [0.3, 0.4) is 0 Å². The molecule has 0 aromatic carbocycles. The number of aromatic nitrogens is 6. The van der Waals surface area contributed by atoms with Crippen LogP contribution in [0.5, 0.6) is 0 Å². The van der Waals surface area contributed by atoms with Crippen molar-refractivity contribution in [3.05, 3.63) is 35.0 Å². The largest absolute Gasteiger partial charge is 0.349 e. The van der Waals surface area contributed by atoms with Crippen molar-refractivity contribution in [3.8, 4) is 0 Å². The Morgan fingerprint density at radius 2 is 2.04 bits per heavy atom. The van der Waals surface area contributed by atoms with Crippen LogP contribution in [0, 0.1) is 0 Å². The zero-order valence-electron chi connectivity index (χ0n) is 12.8. The van der Waals surface area contributed by atoms with Crippen molar-refractivity contribution in [2.24, 2.45) is 7.05 Å². The number of aromatic amines is 1. The van der Waals surface area contributed by atoms with Gasteiger partial charge in [0.05, 0.1) is 5.02 Å². The third-order valence-corrected chi connectivity index (χ3v) is 4.15. The zero-order chi connectivity index (χ0) is 15.8. The van der Waals surface area contributed by atoms with E-state index >= 15 is 0 Å². The Hall–Kier alpha value is -2.41. The lowest BCUT2D eigenvalue weighted by molar-refractivity contribution is -0.577. The van der Waals surface area contributed by atoms with E-state index in [4.69, 9.17) is 11.6 Å². The summed E-state index contributed by atoms with van der Waals surface area (Å²) in [7, 11) is 1.90. The summed E-state index contributed by atoms with van der Waals surface area (Å²) in [5.74, 6) is 2.34. The van der Waals surface area contributed by atoms with Crippen molar-refractivity contribution in [1.29, 1.82) is 0 Å². The van der Waals surface area contributed by atoms with E-state index in [1.54, 1.807) is 15.4 Å². The molecule has 1 N–H and O–H groups in total. The Morgan fingerprint density at radius 3 is 2.87 bits per heavy atom. The molecule has 3 aromatic rings. The Bertz CT molecular complexity index is 873. The third-order valence-electron chi connectivity index (χ3n) is 3.93. The first-order valence-electron chi connectivity index (χ1n) is 7.60. The molecule has 118 valence electrons. The molecule has 0 bridgehead atoms. The van der Waals surface area contributed by atoms with Gasteiger partial charge in [-0.15, -0.1) is 9.61 Å². The Kier molecular flexibility index (Phi) is 3.49. The van der Waals surface area contributed by atoms with E-state index in [1.165, 1.54) is 12.8 Å². The van der Waals surface area contributed by atoms with Crippen LogP contribution in [0.1, 0.15) is 24.5 Å². The number of halogens is 1. The SMILES string of the molecule is Cn1nc(N2CCCC2)nc1/C=C/c1nc2ccc(Cl)c[n+]2[nH]1. The molecule has 1 aliphatic rings. The summed E-state index contributed by atoms with van der Waals surface area (Å²) in [6.07, 6.45) is 8.00. The first kappa shape index (κ1) is 14.2. The normalized spacial score (nSPS) is 15.3. The molecular weight excluding hydrogens is 314 g/mol. The standard InChI is InChI=1S/C15H16ClN7/c1-21-13(18-15(20-21)22-8-2-3-9-22)7-5-12-17-14-6-4-11(16)10-23(14)19-12/h4-7,10H,2-3,8-9H2,1H3/p+1/b7-5+. The highest BCUT2D eigenvalue weighted by atomic mass is 35.5. The second-order valence-corrected chi connectivity index (χ2v) is 6.04. The van der Waals surface area contributed by atoms with Crippen LogP contribution in [0.4, 0.5) is 5.95 Å². The van der Waals surface area contributed by atoms with Crippen LogP contribution in [0.2, 0.25) is 5.02 Å². The van der Waals surface area contributed by atoms with E-state index in [9.17, 15) is 0 Å². The van der Waals surface area contributed by atoms with Gasteiger partial charge in [-0.2, -0.15) is 10.1 Å². The maximum Gasteiger partial charge on any atom is 0.349 e. The molecule has 3 aromatic heterocycles. The Morgan fingerprint density at radius 1 is 1.22 bits per heavy atom. The van der Waals surface area contributed by atoms with Gasteiger partial charge in [-0.25, -0.2) is 4.68 Å². The molecule has 23 heavy (non-hydrogen) atoms. The highest BCUT2D eigenvalue weighted by molar-refractivity contribution is 6.30. The van der Waals surface area contributed by atoms with E-state index in [0.29, 0.717) is 5.02 Å². The molecule has 4 heterocycles. The lowest BCUT2D eigenvalue weighted by Crippen LogP contribution is -2.22. The van der Waals surface area contributed by atoms with Gasteiger partial charge in [0.2, 0.25) is 5.95 Å². The molecule has 0 spiro atoms. The van der Waals surface area contributed by atoms with Crippen molar-refractivity contribution in [2.75, 3.05) is 18.0 Å². The molecule has 1 saturated heterocycles. The molecule has 0 saturated carbocycles. The highest BCUT2D eigenvalue weighted by Gasteiger charge is 2.17. The van der Waals surface area contributed by atoms with E-state index in [-0.39, 0.29) is 0 Å². The fourth-order valence-corrected chi connectivity index (χ4v) is 2.89. The van der Waals surface area contributed by atoms with E-state index in [2.05, 4.69) is 25.1 Å². The van der Waals surface area contributed by atoms with Crippen molar-refractivity contribution in [1.82, 2.24) is 24.8 Å². The molecule has 1 aliphatic heterocycles. The van der Waals surface area contributed by atoms with Gasteiger partial charge >= 0.3 is 5.65 Å². The molecule has 8 heteroatoms. The van der Waals surface area contributed by atoms with E-state index < -0.39 is 0 Å². The number of fused-ring (bicyclic) bond motifs is 1. The first-order valence-corrected chi connectivity index (χ1v) is 7.98. The molecule has 0 unspecified atom stereocenters. The van der Waals surface area contributed by atoms with Gasteiger partial charge in [-0.1, -0.05) is 11.6 Å². The van der Waals surface area contributed by atoms with Crippen molar-refractivity contribution in [3.63, 3.8) is 0 Å². The number of nitrogens with zero attached hydrogens (tertiary/aromatic N) is 6. The minimum atomic E-state index is 0.658. The summed E-state index contributed by atoms with van der Waals surface area (Å²) in [6, 6.07) is 3.68. The summed E-state index contributed by atoms with van der Waals surface area (Å²) >= 11 is 5.97. The van der Waals surface area contributed by atoms with Crippen LogP contribution in [0.25, 0.3) is 17.8 Å². The van der Waals surface area contributed by atoms with Gasteiger partial charge in [-0.05, 0) is 30.0 Å². The fraction of sp³-hybridized carbons (Fsp3) is 0.333. The summed E-state index contributed by atoms with van der Waals surface area (Å²) in [5.41, 5.74) is 0.810. The van der Waals surface area contributed by atoms with Crippen molar-refractivity contribution >= 4 is 35.3 Å². The Balaban J connectivity index is 1.59. The van der Waals surface area contributed by atoms with E-state index in [1.807, 2.05) is 31.3 Å². The lowest BCUT2D eigenvalue weighted by atomic mass is 10.4. The monoisotopic (exact) mass is 330 g/mol. The van der Waals surface area contributed by atoms with E-state index in [0.717, 1.165) is 36.3 Å². The first-order chi connectivity index (χ1) is 11.2. The molecular formula is C15H17ClN7+.